The molecule has 3 N–H and O–H groups in total. The minimum atomic E-state index is -0.790. The van der Waals surface area contributed by atoms with Crippen LogP contribution < -0.4 is 5.32 Å². The number of unbranched alkanes of at least 4 members (excludes halogenated alkanes) is 35. The topological polar surface area (TPSA) is 95.9 Å². The summed E-state index contributed by atoms with van der Waals surface area (Å²) >= 11 is 0. The minimum Gasteiger partial charge on any atom is -0.462 e. The molecule has 0 radical (unpaired) electrons. The van der Waals surface area contributed by atoms with Crippen LogP contribution in [0, 0.1) is 0 Å². The number of allylic oxidation sites excluding steroid dienone is 6. The first kappa shape index (κ1) is 64.1. The Bertz CT molecular complexity index is 1090. The van der Waals surface area contributed by atoms with Crippen molar-refractivity contribution in [2.75, 3.05) is 6.61 Å². The molecule has 0 aromatic rings. The number of amides is 1. The summed E-state index contributed by atoms with van der Waals surface area (Å²) in [7, 11) is 0. The maximum Gasteiger partial charge on any atom is 0.306 e. The van der Waals surface area contributed by atoms with Crippen LogP contribution in [0.5, 0.6) is 0 Å². The van der Waals surface area contributed by atoms with E-state index in [-0.39, 0.29) is 24.9 Å². The summed E-state index contributed by atoms with van der Waals surface area (Å²) in [6.07, 6.45) is 64.9. The molecule has 0 saturated carbocycles. The lowest BCUT2D eigenvalue weighted by Gasteiger charge is -2.24. The van der Waals surface area contributed by atoms with E-state index in [1.165, 1.54) is 193 Å². The fourth-order valence-electron chi connectivity index (χ4n) is 8.99. The molecule has 0 aliphatic heterocycles. The second-order valence-electron chi connectivity index (χ2n) is 20.0. The van der Waals surface area contributed by atoms with Crippen molar-refractivity contribution >= 4 is 11.9 Å². The average Bonchev–Trinajstić information content (AvgIpc) is 3.31. The van der Waals surface area contributed by atoms with Crippen molar-refractivity contribution in [1.29, 1.82) is 0 Å². The maximum atomic E-state index is 13.3. The Morgan fingerprint density at radius 3 is 1.20 bits per heavy atom. The molecule has 0 saturated heterocycles. The number of aliphatic hydroxyl groups excluding tert-OH is 2. The van der Waals surface area contributed by atoms with Gasteiger partial charge in [0.2, 0.25) is 5.91 Å². The molecule has 0 aliphatic carbocycles. The first-order chi connectivity index (χ1) is 32.5. The second kappa shape index (κ2) is 54.0. The standard InChI is InChI=1S/C60H113NO5/c1-4-7-10-13-16-19-22-25-28-29-32-35-38-41-44-47-50-53-60(65)66-56(51-48-45-42-39-36-33-30-26-23-20-17-14-11-8-5-2)54-59(64)61-57(55-62)58(63)52-49-46-43-40-37-34-31-27-24-21-18-15-12-9-6-3/h16,19,25-26,28,30,56-58,62-63H,4-15,17-18,20-24,27,29,31-55H2,1-3H3,(H,61,64)/b19-16-,28-25-,30-26+. The smallest absolute Gasteiger partial charge is 0.306 e. The van der Waals surface area contributed by atoms with Crippen LogP contribution >= 0.6 is 0 Å². The highest BCUT2D eigenvalue weighted by atomic mass is 16.5. The lowest BCUT2D eigenvalue weighted by Crippen LogP contribution is -2.46. The largest absolute Gasteiger partial charge is 0.462 e. The van der Waals surface area contributed by atoms with Crippen molar-refractivity contribution < 1.29 is 24.5 Å². The summed E-state index contributed by atoms with van der Waals surface area (Å²) < 4.78 is 5.96. The lowest BCUT2D eigenvalue weighted by molar-refractivity contribution is -0.151. The van der Waals surface area contributed by atoms with Crippen molar-refractivity contribution in [3.8, 4) is 0 Å². The van der Waals surface area contributed by atoms with Gasteiger partial charge in [0.15, 0.2) is 0 Å². The minimum absolute atomic E-state index is 0.0717. The molecule has 66 heavy (non-hydrogen) atoms. The molecule has 6 nitrogen and oxygen atoms in total. The van der Waals surface area contributed by atoms with E-state index in [9.17, 15) is 19.8 Å². The number of hydrogen-bond donors (Lipinski definition) is 3. The number of esters is 1. The first-order valence-corrected chi connectivity index (χ1v) is 29.2. The molecule has 0 heterocycles. The Morgan fingerprint density at radius 2 is 0.773 bits per heavy atom. The number of carbonyl (C=O) groups excluding carboxylic acids is 2. The van der Waals surface area contributed by atoms with Crippen LogP contribution in [0.3, 0.4) is 0 Å². The molecule has 0 bridgehead atoms. The number of aliphatic hydroxyl groups is 2. The fraction of sp³-hybridized carbons (Fsp3) is 0.867. The normalized spacial score (nSPS) is 13.3. The van der Waals surface area contributed by atoms with Crippen molar-refractivity contribution in [2.45, 2.75) is 328 Å². The van der Waals surface area contributed by atoms with Gasteiger partial charge < -0.3 is 20.3 Å². The van der Waals surface area contributed by atoms with Crippen molar-refractivity contribution in [2.24, 2.45) is 0 Å². The molecule has 0 aromatic heterocycles. The predicted molar refractivity (Wildman–Crippen MR) is 287 cm³/mol. The van der Waals surface area contributed by atoms with Crippen LogP contribution in [0.2, 0.25) is 0 Å². The van der Waals surface area contributed by atoms with Gasteiger partial charge in [0.1, 0.15) is 6.10 Å². The van der Waals surface area contributed by atoms with Gasteiger partial charge >= 0.3 is 5.97 Å². The Hall–Kier alpha value is -1.92. The van der Waals surface area contributed by atoms with Crippen LogP contribution in [0.1, 0.15) is 310 Å². The molecule has 0 fully saturated rings. The van der Waals surface area contributed by atoms with Crippen LogP contribution in [0.15, 0.2) is 36.5 Å². The SMILES string of the molecule is CCCCC/C=C\C/C=C\CCCCCCCCCC(=O)OC(CCCCCCC/C=C/CCCCCCCC)CC(=O)NC(CO)C(O)CCCCCCCCCCCCCCCCC. The van der Waals surface area contributed by atoms with E-state index in [1.54, 1.807) is 0 Å². The molecule has 0 rings (SSSR count). The molecule has 0 spiro atoms. The van der Waals surface area contributed by atoms with Crippen LogP contribution in [0.25, 0.3) is 0 Å². The first-order valence-electron chi connectivity index (χ1n) is 29.2. The van der Waals surface area contributed by atoms with Crippen molar-refractivity contribution in [1.82, 2.24) is 5.32 Å². The maximum absolute atomic E-state index is 13.3. The lowest BCUT2D eigenvalue weighted by atomic mass is 10.0. The fourth-order valence-corrected chi connectivity index (χ4v) is 8.99. The van der Waals surface area contributed by atoms with Crippen molar-refractivity contribution in [3.63, 3.8) is 0 Å². The van der Waals surface area contributed by atoms with Gasteiger partial charge in [-0.25, -0.2) is 0 Å². The van der Waals surface area contributed by atoms with Gasteiger partial charge in [-0.3, -0.25) is 9.59 Å². The monoisotopic (exact) mass is 928 g/mol. The third-order valence-electron chi connectivity index (χ3n) is 13.4. The summed E-state index contributed by atoms with van der Waals surface area (Å²) in [4.78, 5) is 26.3. The highest BCUT2D eigenvalue weighted by Crippen LogP contribution is 2.18. The molecule has 388 valence electrons. The summed E-state index contributed by atoms with van der Waals surface area (Å²) in [6.45, 7) is 6.48. The van der Waals surface area contributed by atoms with Gasteiger partial charge in [0.05, 0.1) is 25.2 Å². The van der Waals surface area contributed by atoms with E-state index in [0.29, 0.717) is 19.3 Å². The molecule has 0 aromatic carbocycles. The quantitative estimate of drug-likeness (QED) is 0.0321. The Morgan fingerprint density at radius 1 is 0.439 bits per heavy atom. The van der Waals surface area contributed by atoms with Gasteiger partial charge in [-0.15, -0.1) is 0 Å². The zero-order valence-electron chi connectivity index (χ0n) is 44.3. The Kier molecular flexibility index (Phi) is 52.5. The Labute approximate surface area is 411 Å². The van der Waals surface area contributed by atoms with Crippen LogP contribution in [0.4, 0.5) is 0 Å². The highest BCUT2D eigenvalue weighted by Gasteiger charge is 2.24. The average molecular weight is 929 g/mol. The molecule has 6 heteroatoms. The Balaban J connectivity index is 4.55. The van der Waals surface area contributed by atoms with Gasteiger partial charge in [-0.1, -0.05) is 250 Å². The molecular weight excluding hydrogens is 815 g/mol. The predicted octanol–water partition coefficient (Wildman–Crippen LogP) is 18.0. The van der Waals surface area contributed by atoms with Gasteiger partial charge in [-0.2, -0.15) is 0 Å². The third kappa shape index (κ3) is 48.5. The third-order valence-corrected chi connectivity index (χ3v) is 13.4. The number of carbonyl (C=O) groups is 2. The van der Waals surface area contributed by atoms with E-state index in [2.05, 4.69) is 62.5 Å². The van der Waals surface area contributed by atoms with Gasteiger partial charge in [0.25, 0.3) is 0 Å². The molecule has 3 unspecified atom stereocenters. The molecule has 1 amide bonds. The number of ether oxygens (including phenoxy) is 1. The zero-order chi connectivity index (χ0) is 48.1. The summed E-state index contributed by atoms with van der Waals surface area (Å²) in [5.41, 5.74) is 0. The van der Waals surface area contributed by atoms with E-state index in [1.807, 2.05) is 0 Å². The molecular formula is C60H113NO5. The van der Waals surface area contributed by atoms with Gasteiger partial charge in [-0.05, 0) is 83.5 Å². The van der Waals surface area contributed by atoms with E-state index < -0.39 is 18.2 Å². The van der Waals surface area contributed by atoms with E-state index in [4.69, 9.17) is 4.74 Å². The summed E-state index contributed by atoms with van der Waals surface area (Å²) in [5.74, 6) is -0.477. The van der Waals surface area contributed by atoms with E-state index in [0.717, 1.165) is 70.6 Å². The molecule has 0 aliphatic rings. The molecule has 3 atom stereocenters. The number of hydrogen-bond acceptors (Lipinski definition) is 5. The second-order valence-corrected chi connectivity index (χ2v) is 20.0. The van der Waals surface area contributed by atoms with Crippen LogP contribution in [-0.2, 0) is 14.3 Å². The zero-order valence-corrected chi connectivity index (χ0v) is 44.3. The van der Waals surface area contributed by atoms with E-state index >= 15 is 0 Å². The number of nitrogens with one attached hydrogen (secondary N) is 1. The summed E-state index contributed by atoms with van der Waals surface area (Å²) in [6, 6.07) is -0.705. The number of rotatable bonds is 53. The van der Waals surface area contributed by atoms with Gasteiger partial charge in [0, 0.05) is 6.42 Å². The summed E-state index contributed by atoms with van der Waals surface area (Å²) in [5, 5.41) is 23.9. The highest BCUT2D eigenvalue weighted by molar-refractivity contribution is 5.77. The van der Waals surface area contributed by atoms with Crippen LogP contribution in [-0.4, -0.2) is 46.9 Å². The van der Waals surface area contributed by atoms with Crippen molar-refractivity contribution in [3.05, 3.63) is 36.5 Å².